The molecule has 14 heavy (non-hydrogen) atoms. The highest BCUT2D eigenvalue weighted by Gasteiger charge is 2.13. The molecule has 0 spiro atoms. The van der Waals surface area contributed by atoms with E-state index in [2.05, 4.69) is 0 Å². The van der Waals surface area contributed by atoms with Crippen LogP contribution < -0.4 is 5.73 Å². The summed E-state index contributed by atoms with van der Waals surface area (Å²) in [5.41, 5.74) is 6.12. The first-order valence-electron chi connectivity index (χ1n) is 4.18. The fourth-order valence-electron chi connectivity index (χ4n) is 1.13. The van der Waals surface area contributed by atoms with Gasteiger partial charge in [0.2, 0.25) is 0 Å². The van der Waals surface area contributed by atoms with Gasteiger partial charge in [-0.05, 0) is 17.9 Å². The maximum atomic E-state index is 11.3. The Bertz CT molecular complexity index is 426. The Hall–Kier alpha value is -0.680. The second kappa shape index (κ2) is 4.23. The zero-order valence-corrected chi connectivity index (χ0v) is 9.78. The van der Waals surface area contributed by atoms with Gasteiger partial charge in [-0.2, -0.15) is 0 Å². The first kappa shape index (κ1) is 11.4. The molecule has 0 aliphatic carbocycles. The smallest absolute Gasteiger partial charge is 0.177 e. The van der Waals surface area contributed by atoms with E-state index in [0.717, 1.165) is 10.6 Å². The minimum Gasteiger partial charge on any atom is -0.397 e. The third-order valence-corrected chi connectivity index (χ3v) is 3.84. The average molecular weight is 231 g/mol. The third kappa shape index (κ3) is 2.42. The number of para-hydroxylation sites is 1. The highest BCUT2D eigenvalue weighted by Crippen LogP contribution is 2.29. The van der Waals surface area contributed by atoms with E-state index in [1.807, 2.05) is 13.0 Å². The first-order valence-corrected chi connectivity index (χ1v) is 7.06. The summed E-state index contributed by atoms with van der Waals surface area (Å²) in [4.78, 5) is 1.05. The molecule has 0 aromatic heterocycles. The summed E-state index contributed by atoms with van der Waals surface area (Å²) in [6.45, 7) is 2.00. The van der Waals surface area contributed by atoms with E-state index in [4.69, 9.17) is 5.73 Å². The molecule has 0 aliphatic heterocycles. The lowest BCUT2D eigenvalue weighted by molar-refractivity contribution is 0.602. The van der Waals surface area contributed by atoms with Crippen molar-refractivity contribution in [3.63, 3.8) is 0 Å². The van der Waals surface area contributed by atoms with Crippen LogP contribution in [0, 0.1) is 0 Å². The summed E-state index contributed by atoms with van der Waals surface area (Å²) in [6, 6.07) is 5.08. The lowest BCUT2D eigenvalue weighted by Gasteiger charge is -2.07. The lowest BCUT2D eigenvalue weighted by atomic mass is 10.3. The van der Waals surface area contributed by atoms with E-state index in [1.165, 1.54) is 12.3 Å². The summed E-state index contributed by atoms with van der Waals surface area (Å²) in [5, 5.41) is 0. The van der Waals surface area contributed by atoms with Crippen molar-refractivity contribution < 1.29 is 8.42 Å². The molecule has 0 radical (unpaired) electrons. The number of rotatable bonds is 3. The van der Waals surface area contributed by atoms with Gasteiger partial charge in [0.25, 0.3) is 0 Å². The summed E-state index contributed by atoms with van der Waals surface area (Å²) in [7, 11) is -3.21. The Balaban J connectivity index is 3.28. The van der Waals surface area contributed by atoms with Crippen molar-refractivity contribution in [1.82, 2.24) is 0 Å². The number of hydrogen-bond donors (Lipinski definition) is 1. The van der Waals surface area contributed by atoms with E-state index >= 15 is 0 Å². The van der Waals surface area contributed by atoms with Crippen LogP contribution in [0.4, 0.5) is 5.69 Å². The number of nitrogen functional groups attached to an aromatic ring is 1. The summed E-state index contributed by atoms with van der Waals surface area (Å²) < 4.78 is 22.6. The monoisotopic (exact) mass is 231 g/mol. The van der Waals surface area contributed by atoms with E-state index in [-0.39, 0.29) is 4.90 Å². The zero-order chi connectivity index (χ0) is 10.8. The number of thioether (sulfide) groups is 1. The number of anilines is 1. The van der Waals surface area contributed by atoms with E-state index in [0.29, 0.717) is 5.69 Å². The van der Waals surface area contributed by atoms with Crippen molar-refractivity contribution in [2.24, 2.45) is 0 Å². The van der Waals surface area contributed by atoms with Gasteiger partial charge >= 0.3 is 0 Å². The lowest BCUT2D eigenvalue weighted by Crippen LogP contribution is -2.03. The van der Waals surface area contributed by atoms with Crippen molar-refractivity contribution in [2.45, 2.75) is 16.7 Å². The SMILES string of the molecule is CCSc1cccc(S(C)(=O)=O)c1N. The molecule has 1 rings (SSSR count). The van der Waals surface area contributed by atoms with Crippen LogP contribution in [0.15, 0.2) is 28.0 Å². The molecule has 5 heteroatoms. The average Bonchev–Trinajstić information content (AvgIpc) is 2.07. The Kier molecular flexibility index (Phi) is 3.44. The highest BCUT2D eigenvalue weighted by molar-refractivity contribution is 7.99. The standard InChI is InChI=1S/C9H13NO2S2/c1-3-13-7-5-4-6-8(9(7)10)14(2,11)12/h4-6H,3,10H2,1-2H3. The van der Waals surface area contributed by atoms with Crippen molar-refractivity contribution in [3.05, 3.63) is 18.2 Å². The topological polar surface area (TPSA) is 60.2 Å². The number of sulfone groups is 1. The predicted octanol–water partition coefficient (Wildman–Crippen LogP) is 1.78. The molecule has 0 fully saturated rings. The minimum atomic E-state index is -3.21. The van der Waals surface area contributed by atoms with Gasteiger partial charge in [0.1, 0.15) is 0 Å². The molecule has 0 atom stereocenters. The predicted molar refractivity (Wildman–Crippen MR) is 60.4 cm³/mol. The quantitative estimate of drug-likeness (QED) is 0.636. The molecule has 0 aliphatic rings. The Morgan fingerprint density at radius 3 is 2.57 bits per heavy atom. The molecular formula is C9H13NO2S2. The van der Waals surface area contributed by atoms with Crippen LogP contribution >= 0.6 is 11.8 Å². The van der Waals surface area contributed by atoms with Gasteiger partial charge in [-0.15, -0.1) is 11.8 Å². The van der Waals surface area contributed by atoms with Gasteiger partial charge in [-0.3, -0.25) is 0 Å². The van der Waals surface area contributed by atoms with Crippen LogP contribution in [-0.4, -0.2) is 20.4 Å². The maximum absolute atomic E-state index is 11.3. The van der Waals surface area contributed by atoms with Gasteiger partial charge in [-0.25, -0.2) is 8.42 Å². The van der Waals surface area contributed by atoms with Crippen molar-refractivity contribution in [1.29, 1.82) is 0 Å². The van der Waals surface area contributed by atoms with Gasteiger partial charge < -0.3 is 5.73 Å². The molecule has 0 heterocycles. The van der Waals surface area contributed by atoms with Crippen molar-refractivity contribution in [2.75, 3.05) is 17.7 Å². The van der Waals surface area contributed by atoms with Crippen LogP contribution in [0.25, 0.3) is 0 Å². The molecule has 0 saturated carbocycles. The molecular weight excluding hydrogens is 218 g/mol. The van der Waals surface area contributed by atoms with Crippen molar-refractivity contribution >= 4 is 27.3 Å². The second-order valence-corrected chi connectivity index (χ2v) is 6.16. The van der Waals surface area contributed by atoms with Crippen LogP contribution in [0.5, 0.6) is 0 Å². The molecule has 3 nitrogen and oxygen atoms in total. The fraction of sp³-hybridized carbons (Fsp3) is 0.333. The molecule has 78 valence electrons. The van der Waals surface area contributed by atoms with Crippen LogP contribution in [0.3, 0.4) is 0 Å². The van der Waals surface area contributed by atoms with Gasteiger partial charge in [-0.1, -0.05) is 13.0 Å². The van der Waals surface area contributed by atoms with Crippen LogP contribution in [0.1, 0.15) is 6.92 Å². The van der Waals surface area contributed by atoms with Crippen molar-refractivity contribution in [3.8, 4) is 0 Å². The van der Waals surface area contributed by atoms with E-state index in [1.54, 1.807) is 17.8 Å². The fourth-order valence-corrected chi connectivity index (χ4v) is 2.78. The molecule has 0 bridgehead atoms. The Morgan fingerprint density at radius 1 is 1.43 bits per heavy atom. The highest BCUT2D eigenvalue weighted by atomic mass is 32.2. The van der Waals surface area contributed by atoms with Crippen LogP contribution in [0.2, 0.25) is 0 Å². The first-order chi connectivity index (χ1) is 6.46. The zero-order valence-electron chi connectivity index (χ0n) is 8.15. The van der Waals surface area contributed by atoms with E-state index in [9.17, 15) is 8.42 Å². The molecule has 0 saturated heterocycles. The Labute approximate surface area is 88.6 Å². The number of nitrogens with two attached hydrogens (primary N) is 1. The maximum Gasteiger partial charge on any atom is 0.177 e. The second-order valence-electron chi connectivity index (χ2n) is 2.87. The Morgan fingerprint density at radius 2 is 2.07 bits per heavy atom. The molecule has 0 amide bonds. The number of hydrogen-bond acceptors (Lipinski definition) is 4. The summed E-state index contributed by atoms with van der Waals surface area (Å²) in [6.07, 6.45) is 1.17. The molecule has 1 aromatic rings. The van der Waals surface area contributed by atoms with Gasteiger partial charge in [0.15, 0.2) is 9.84 Å². The molecule has 0 unspecified atom stereocenters. The minimum absolute atomic E-state index is 0.218. The number of benzene rings is 1. The third-order valence-electron chi connectivity index (χ3n) is 1.73. The van der Waals surface area contributed by atoms with Crippen LogP contribution in [-0.2, 0) is 9.84 Å². The van der Waals surface area contributed by atoms with Gasteiger partial charge in [0.05, 0.1) is 10.6 Å². The normalized spacial score (nSPS) is 11.6. The molecule has 1 aromatic carbocycles. The summed E-state index contributed by atoms with van der Waals surface area (Å²) >= 11 is 1.54. The molecule has 2 N–H and O–H groups in total. The largest absolute Gasteiger partial charge is 0.397 e. The van der Waals surface area contributed by atoms with Gasteiger partial charge in [0, 0.05) is 11.2 Å². The summed E-state index contributed by atoms with van der Waals surface area (Å²) in [5.74, 6) is 0.872. The van der Waals surface area contributed by atoms with E-state index < -0.39 is 9.84 Å².